The molecule has 0 radical (unpaired) electrons. The number of aromatic nitrogens is 1. The zero-order valence-electron chi connectivity index (χ0n) is 15.2. The minimum Gasteiger partial charge on any atom is -0.354 e. The van der Waals surface area contributed by atoms with E-state index in [0.717, 1.165) is 36.5 Å². The van der Waals surface area contributed by atoms with Crippen LogP contribution >= 0.6 is 0 Å². The number of nitrogens with zero attached hydrogens (tertiary/aromatic N) is 2. The normalized spacial score (nSPS) is 16.5. The highest BCUT2D eigenvalue weighted by Crippen LogP contribution is 2.26. The molecule has 0 bridgehead atoms. The van der Waals surface area contributed by atoms with E-state index >= 15 is 0 Å². The first-order valence-corrected chi connectivity index (χ1v) is 9.37. The molecule has 3 aromatic rings. The van der Waals surface area contributed by atoms with Crippen LogP contribution in [0.25, 0.3) is 0 Å². The van der Waals surface area contributed by atoms with Gasteiger partial charge in [0.25, 0.3) is 0 Å². The lowest BCUT2D eigenvalue weighted by Gasteiger charge is -2.21. The number of rotatable bonds is 5. The Morgan fingerprint density at radius 2 is 1.56 bits per heavy atom. The predicted molar refractivity (Wildman–Crippen MR) is 108 cm³/mol. The average Bonchev–Trinajstić information content (AvgIpc) is 3.19. The van der Waals surface area contributed by atoms with E-state index in [1.54, 1.807) is 0 Å². The van der Waals surface area contributed by atoms with Gasteiger partial charge in [-0.3, -0.25) is 4.79 Å². The Bertz CT molecular complexity index is 828. The number of amides is 1. The fraction of sp³-hybridized carbons (Fsp3) is 0.217. The molecule has 4 nitrogen and oxygen atoms in total. The quantitative estimate of drug-likeness (QED) is 0.759. The third-order valence-corrected chi connectivity index (χ3v) is 5.04. The van der Waals surface area contributed by atoms with Crippen molar-refractivity contribution in [1.29, 1.82) is 0 Å². The highest BCUT2D eigenvalue weighted by Gasteiger charge is 2.29. The Morgan fingerprint density at radius 1 is 0.926 bits per heavy atom. The molecule has 1 atom stereocenters. The zero-order valence-corrected chi connectivity index (χ0v) is 15.2. The monoisotopic (exact) mass is 357 g/mol. The lowest BCUT2D eigenvalue weighted by molar-refractivity contribution is -0.122. The van der Waals surface area contributed by atoms with Gasteiger partial charge in [-0.25, -0.2) is 4.98 Å². The van der Waals surface area contributed by atoms with Crippen LogP contribution in [-0.4, -0.2) is 30.0 Å². The van der Waals surface area contributed by atoms with Crippen molar-refractivity contribution >= 4 is 11.7 Å². The van der Waals surface area contributed by atoms with Gasteiger partial charge >= 0.3 is 0 Å². The molecule has 4 rings (SSSR count). The third kappa shape index (κ3) is 4.00. The largest absolute Gasteiger partial charge is 0.354 e. The summed E-state index contributed by atoms with van der Waals surface area (Å²) in [4.78, 5) is 19.8. The van der Waals surface area contributed by atoms with Gasteiger partial charge in [0.15, 0.2) is 0 Å². The Kier molecular flexibility index (Phi) is 5.15. The summed E-state index contributed by atoms with van der Waals surface area (Å²) in [6.07, 6.45) is 2.74. The summed E-state index contributed by atoms with van der Waals surface area (Å²) in [6, 6.07) is 26.0. The van der Waals surface area contributed by atoms with Crippen LogP contribution in [0.15, 0.2) is 85.1 Å². The van der Waals surface area contributed by atoms with Gasteiger partial charge in [0.05, 0.1) is 5.92 Å². The molecule has 0 saturated carbocycles. The second kappa shape index (κ2) is 8.04. The fourth-order valence-corrected chi connectivity index (χ4v) is 3.70. The van der Waals surface area contributed by atoms with Crippen LogP contribution in [0.1, 0.15) is 23.5 Å². The molecule has 2 aromatic carbocycles. The lowest BCUT2D eigenvalue weighted by Crippen LogP contribution is -2.40. The number of carbonyl (C=O) groups excluding carboxylic acids is 1. The minimum atomic E-state index is -0.295. The molecule has 1 aliphatic rings. The van der Waals surface area contributed by atoms with E-state index in [9.17, 15) is 4.79 Å². The molecule has 0 aliphatic carbocycles. The van der Waals surface area contributed by atoms with Gasteiger partial charge in [0.2, 0.25) is 5.91 Å². The van der Waals surface area contributed by atoms with Crippen molar-refractivity contribution in [2.45, 2.75) is 18.4 Å². The first-order valence-electron chi connectivity index (χ1n) is 9.37. The summed E-state index contributed by atoms with van der Waals surface area (Å²) in [5.74, 6) is 0.730. The molecule has 136 valence electrons. The third-order valence-electron chi connectivity index (χ3n) is 5.04. The smallest absolute Gasteiger partial charge is 0.232 e. The summed E-state index contributed by atoms with van der Waals surface area (Å²) >= 11 is 0. The Morgan fingerprint density at radius 3 is 2.15 bits per heavy atom. The Hall–Kier alpha value is -3.14. The van der Waals surface area contributed by atoms with Crippen molar-refractivity contribution in [1.82, 2.24) is 10.3 Å². The number of hydrogen-bond donors (Lipinski definition) is 1. The van der Waals surface area contributed by atoms with Crippen molar-refractivity contribution < 1.29 is 4.79 Å². The maximum atomic E-state index is 13.2. The molecular weight excluding hydrogens is 334 g/mol. The van der Waals surface area contributed by atoms with E-state index in [4.69, 9.17) is 0 Å². The van der Waals surface area contributed by atoms with E-state index in [2.05, 4.69) is 15.2 Å². The van der Waals surface area contributed by atoms with Crippen LogP contribution in [0.5, 0.6) is 0 Å². The standard InChI is InChI=1S/C23H23N3O/c27-23(25-20-14-16-26(17-20)21-13-7-8-15-24-21)22(18-9-3-1-4-10-18)19-11-5-2-6-12-19/h1-13,15,20,22H,14,16-17H2,(H,25,27). The van der Waals surface area contributed by atoms with Crippen LogP contribution < -0.4 is 10.2 Å². The first kappa shape index (κ1) is 17.3. The van der Waals surface area contributed by atoms with E-state index in [1.165, 1.54) is 0 Å². The maximum Gasteiger partial charge on any atom is 0.232 e. The van der Waals surface area contributed by atoms with E-state index in [-0.39, 0.29) is 17.9 Å². The second-order valence-electron chi connectivity index (χ2n) is 6.88. The van der Waals surface area contributed by atoms with Crippen molar-refractivity contribution in [3.63, 3.8) is 0 Å². The number of nitrogens with one attached hydrogen (secondary N) is 1. The first-order chi connectivity index (χ1) is 13.3. The Labute approximate surface area is 159 Å². The SMILES string of the molecule is O=C(NC1CCN(c2ccccn2)C1)C(c1ccccc1)c1ccccc1. The van der Waals surface area contributed by atoms with Crippen LogP contribution in [0, 0.1) is 0 Å². The van der Waals surface area contributed by atoms with Gasteiger partial charge in [-0.1, -0.05) is 66.7 Å². The van der Waals surface area contributed by atoms with Crippen molar-refractivity contribution in [3.05, 3.63) is 96.2 Å². The van der Waals surface area contributed by atoms with Gasteiger partial charge in [0.1, 0.15) is 5.82 Å². The highest BCUT2D eigenvalue weighted by atomic mass is 16.2. The van der Waals surface area contributed by atoms with Crippen LogP contribution in [0.4, 0.5) is 5.82 Å². The van der Waals surface area contributed by atoms with E-state index in [0.29, 0.717) is 0 Å². The van der Waals surface area contributed by atoms with E-state index < -0.39 is 0 Å². The lowest BCUT2D eigenvalue weighted by atomic mass is 9.90. The molecule has 1 unspecified atom stereocenters. The van der Waals surface area contributed by atoms with Crippen molar-refractivity contribution in [2.75, 3.05) is 18.0 Å². The predicted octanol–water partition coefficient (Wildman–Crippen LogP) is 3.61. The molecule has 1 amide bonds. The van der Waals surface area contributed by atoms with Gasteiger partial charge in [-0.05, 0) is 29.7 Å². The molecule has 27 heavy (non-hydrogen) atoms. The fourth-order valence-electron chi connectivity index (χ4n) is 3.70. The molecule has 4 heteroatoms. The summed E-state index contributed by atoms with van der Waals surface area (Å²) in [6.45, 7) is 1.70. The average molecular weight is 357 g/mol. The number of hydrogen-bond acceptors (Lipinski definition) is 3. The summed E-state index contributed by atoms with van der Waals surface area (Å²) < 4.78 is 0. The van der Waals surface area contributed by atoms with Crippen LogP contribution in [0.2, 0.25) is 0 Å². The van der Waals surface area contributed by atoms with Crippen LogP contribution in [-0.2, 0) is 4.79 Å². The highest BCUT2D eigenvalue weighted by molar-refractivity contribution is 5.87. The molecule has 2 heterocycles. The number of benzene rings is 2. The van der Waals surface area contributed by atoms with Gasteiger partial charge in [-0.15, -0.1) is 0 Å². The number of anilines is 1. The molecule has 1 aliphatic heterocycles. The molecule has 1 aromatic heterocycles. The molecular formula is C23H23N3O. The summed E-state index contributed by atoms with van der Waals surface area (Å²) in [5.41, 5.74) is 2.03. The summed E-state index contributed by atoms with van der Waals surface area (Å²) in [5, 5.41) is 3.27. The van der Waals surface area contributed by atoms with Crippen LogP contribution in [0.3, 0.4) is 0 Å². The second-order valence-corrected chi connectivity index (χ2v) is 6.88. The van der Waals surface area contributed by atoms with Crippen molar-refractivity contribution in [2.24, 2.45) is 0 Å². The zero-order chi connectivity index (χ0) is 18.5. The van der Waals surface area contributed by atoms with Gasteiger partial charge < -0.3 is 10.2 Å². The number of carbonyl (C=O) groups is 1. The number of pyridine rings is 1. The Balaban J connectivity index is 1.50. The van der Waals surface area contributed by atoms with Crippen molar-refractivity contribution in [3.8, 4) is 0 Å². The minimum absolute atomic E-state index is 0.0558. The molecule has 1 fully saturated rings. The van der Waals surface area contributed by atoms with Gasteiger partial charge in [0, 0.05) is 25.3 Å². The molecule has 1 saturated heterocycles. The topological polar surface area (TPSA) is 45.2 Å². The van der Waals surface area contributed by atoms with Gasteiger partial charge in [-0.2, -0.15) is 0 Å². The molecule has 1 N–H and O–H groups in total. The maximum absolute atomic E-state index is 13.2. The summed E-state index contributed by atoms with van der Waals surface area (Å²) in [7, 11) is 0. The molecule has 0 spiro atoms. The van der Waals surface area contributed by atoms with E-state index in [1.807, 2.05) is 85.1 Å².